The zero-order valence-electron chi connectivity index (χ0n) is 10.4. The molecule has 0 bridgehead atoms. The topological polar surface area (TPSA) is 29.9 Å². The highest BCUT2D eigenvalue weighted by Crippen LogP contribution is 2.32. The first-order chi connectivity index (χ1) is 9.24. The Labute approximate surface area is 125 Å². The second-order valence-corrected chi connectivity index (χ2v) is 6.01. The van der Waals surface area contributed by atoms with Crippen molar-refractivity contribution in [3.8, 4) is 0 Å². The number of aromatic nitrogens is 2. The molecule has 0 amide bonds. The highest BCUT2D eigenvalue weighted by molar-refractivity contribution is 14.1. The van der Waals surface area contributed by atoms with Crippen molar-refractivity contribution < 1.29 is 4.39 Å². The molecule has 1 saturated carbocycles. The molecule has 1 heterocycles. The maximum atomic E-state index is 13.1. The number of anilines is 2. The molecule has 19 heavy (non-hydrogen) atoms. The molecular formula is C14H15FIN3. The van der Waals surface area contributed by atoms with Gasteiger partial charge in [-0.15, -0.1) is 0 Å². The van der Waals surface area contributed by atoms with Crippen molar-refractivity contribution in [3.63, 3.8) is 0 Å². The van der Waals surface area contributed by atoms with Gasteiger partial charge in [-0.3, -0.25) is 0 Å². The molecule has 1 fully saturated rings. The van der Waals surface area contributed by atoms with E-state index in [4.69, 9.17) is 0 Å². The number of hydrogen-bond acceptors (Lipinski definition) is 2. The summed E-state index contributed by atoms with van der Waals surface area (Å²) in [5.41, 5.74) is 0.896. The Hall–Kier alpha value is -1.11. The maximum absolute atomic E-state index is 13.1. The van der Waals surface area contributed by atoms with E-state index in [1.54, 1.807) is 6.07 Å². The highest BCUT2D eigenvalue weighted by atomic mass is 127. The Kier molecular flexibility index (Phi) is 3.72. The number of hydrogen-bond donors (Lipinski definition) is 1. The van der Waals surface area contributed by atoms with Crippen LogP contribution in [0.3, 0.4) is 0 Å². The third kappa shape index (κ3) is 2.75. The van der Waals surface area contributed by atoms with Gasteiger partial charge in [0.25, 0.3) is 0 Å². The lowest BCUT2D eigenvalue weighted by atomic mass is 10.2. The van der Waals surface area contributed by atoms with Crippen LogP contribution in [0, 0.1) is 9.39 Å². The monoisotopic (exact) mass is 371 g/mol. The van der Waals surface area contributed by atoms with Gasteiger partial charge in [0.1, 0.15) is 5.82 Å². The van der Waals surface area contributed by atoms with Crippen molar-refractivity contribution in [1.82, 2.24) is 9.55 Å². The molecule has 0 saturated heterocycles. The third-order valence-corrected chi connectivity index (χ3v) is 4.46. The zero-order valence-corrected chi connectivity index (χ0v) is 12.6. The fourth-order valence-electron chi connectivity index (χ4n) is 2.60. The number of halogens is 2. The van der Waals surface area contributed by atoms with Crippen LogP contribution in [0.25, 0.3) is 0 Å². The first-order valence-electron chi connectivity index (χ1n) is 6.49. The van der Waals surface area contributed by atoms with E-state index < -0.39 is 0 Å². The smallest absolute Gasteiger partial charge is 0.207 e. The molecule has 3 rings (SSSR count). The maximum Gasteiger partial charge on any atom is 0.207 e. The predicted molar refractivity (Wildman–Crippen MR) is 82.1 cm³/mol. The molecule has 5 heteroatoms. The summed E-state index contributed by atoms with van der Waals surface area (Å²) in [5, 5.41) is 3.30. The fourth-order valence-corrected chi connectivity index (χ4v) is 3.21. The van der Waals surface area contributed by atoms with Gasteiger partial charge in [-0.1, -0.05) is 12.8 Å². The summed E-state index contributed by atoms with van der Waals surface area (Å²) in [4.78, 5) is 4.37. The van der Waals surface area contributed by atoms with E-state index in [0.29, 0.717) is 6.04 Å². The van der Waals surface area contributed by atoms with Gasteiger partial charge in [0.05, 0.1) is 5.69 Å². The Morgan fingerprint density at radius 3 is 2.84 bits per heavy atom. The molecule has 2 aromatic rings. The molecule has 3 nitrogen and oxygen atoms in total. The number of nitrogens with zero attached hydrogens (tertiary/aromatic N) is 2. The SMILES string of the molecule is Fc1ccc(Nc2nccn2C2CCCC2)c(I)c1. The Morgan fingerprint density at radius 1 is 1.32 bits per heavy atom. The zero-order chi connectivity index (χ0) is 13.2. The summed E-state index contributed by atoms with van der Waals surface area (Å²) >= 11 is 2.13. The first kappa shape index (κ1) is 12.9. The second-order valence-electron chi connectivity index (χ2n) is 4.85. The van der Waals surface area contributed by atoms with Crippen molar-refractivity contribution in [2.75, 3.05) is 5.32 Å². The van der Waals surface area contributed by atoms with Gasteiger partial charge < -0.3 is 9.88 Å². The van der Waals surface area contributed by atoms with Gasteiger partial charge in [0.2, 0.25) is 5.95 Å². The summed E-state index contributed by atoms with van der Waals surface area (Å²) in [6.45, 7) is 0. The van der Waals surface area contributed by atoms with Crippen LogP contribution in [0.1, 0.15) is 31.7 Å². The van der Waals surface area contributed by atoms with Crippen LogP contribution in [0.4, 0.5) is 16.0 Å². The molecule has 0 unspecified atom stereocenters. The van der Waals surface area contributed by atoms with E-state index in [0.717, 1.165) is 15.2 Å². The fraction of sp³-hybridized carbons (Fsp3) is 0.357. The quantitative estimate of drug-likeness (QED) is 0.806. The molecular weight excluding hydrogens is 356 g/mol. The minimum absolute atomic E-state index is 0.214. The van der Waals surface area contributed by atoms with Crippen molar-refractivity contribution in [2.45, 2.75) is 31.7 Å². The van der Waals surface area contributed by atoms with Crippen LogP contribution in [-0.4, -0.2) is 9.55 Å². The van der Waals surface area contributed by atoms with Gasteiger partial charge in [-0.2, -0.15) is 0 Å². The Morgan fingerprint density at radius 2 is 2.11 bits per heavy atom. The van der Waals surface area contributed by atoms with Gasteiger partial charge in [0, 0.05) is 22.0 Å². The van der Waals surface area contributed by atoms with E-state index in [1.165, 1.54) is 37.8 Å². The van der Waals surface area contributed by atoms with Gasteiger partial charge >= 0.3 is 0 Å². The van der Waals surface area contributed by atoms with E-state index in [1.807, 2.05) is 12.4 Å². The van der Waals surface area contributed by atoms with Crippen LogP contribution in [0.2, 0.25) is 0 Å². The van der Waals surface area contributed by atoms with Crippen molar-refractivity contribution in [3.05, 3.63) is 40.0 Å². The van der Waals surface area contributed by atoms with Crippen LogP contribution in [0.5, 0.6) is 0 Å². The molecule has 1 aromatic carbocycles. The predicted octanol–water partition coefficient (Wildman–Crippen LogP) is 4.49. The van der Waals surface area contributed by atoms with Crippen molar-refractivity contribution >= 4 is 34.2 Å². The molecule has 0 radical (unpaired) electrons. The van der Waals surface area contributed by atoms with Crippen LogP contribution < -0.4 is 5.32 Å². The molecule has 0 spiro atoms. The standard InChI is InChI=1S/C14H15FIN3/c15-10-5-6-13(12(16)9-10)18-14-17-7-8-19(14)11-3-1-2-4-11/h5-9,11H,1-4H2,(H,17,18). The van der Waals surface area contributed by atoms with Gasteiger partial charge in [-0.25, -0.2) is 9.37 Å². The number of nitrogens with one attached hydrogen (secondary N) is 1. The minimum atomic E-state index is -0.214. The van der Waals surface area contributed by atoms with Crippen molar-refractivity contribution in [1.29, 1.82) is 0 Å². The normalized spacial score (nSPS) is 15.9. The molecule has 100 valence electrons. The van der Waals surface area contributed by atoms with Crippen LogP contribution in [-0.2, 0) is 0 Å². The third-order valence-electron chi connectivity index (χ3n) is 3.56. The van der Waals surface area contributed by atoms with E-state index in [-0.39, 0.29) is 5.82 Å². The number of rotatable bonds is 3. The minimum Gasteiger partial charge on any atom is -0.325 e. The number of benzene rings is 1. The molecule has 1 aliphatic rings. The summed E-state index contributed by atoms with van der Waals surface area (Å²) in [5.74, 6) is 0.630. The van der Waals surface area contributed by atoms with E-state index >= 15 is 0 Å². The lowest BCUT2D eigenvalue weighted by molar-refractivity contribution is 0.525. The lowest BCUT2D eigenvalue weighted by Crippen LogP contribution is -2.08. The summed E-state index contributed by atoms with van der Waals surface area (Å²) in [6, 6.07) is 5.28. The molecule has 1 aliphatic carbocycles. The average Bonchev–Trinajstić information content (AvgIpc) is 3.03. The van der Waals surface area contributed by atoms with E-state index in [9.17, 15) is 4.39 Å². The van der Waals surface area contributed by atoms with Crippen LogP contribution >= 0.6 is 22.6 Å². The average molecular weight is 371 g/mol. The summed E-state index contributed by atoms with van der Waals surface area (Å²) in [7, 11) is 0. The molecule has 1 N–H and O–H groups in total. The summed E-state index contributed by atoms with van der Waals surface area (Å²) < 4.78 is 16.2. The molecule has 1 aromatic heterocycles. The van der Waals surface area contributed by atoms with E-state index in [2.05, 4.69) is 37.5 Å². The largest absolute Gasteiger partial charge is 0.325 e. The Bertz CT molecular complexity index is 576. The van der Waals surface area contributed by atoms with Crippen LogP contribution in [0.15, 0.2) is 30.6 Å². The first-order valence-corrected chi connectivity index (χ1v) is 7.57. The highest BCUT2D eigenvalue weighted by Gasteiger charge is 2.19. The van der Waals surface area contributed by atoms with Crippen molar-refractivity contribution in [2.24, 2.45) is 0 Å². The second kappa shape index (κ2) is 5.48. The molecule has 0 aliphatic heterocycles. The van der Waals surface area contributed by atoms with Gasteiger partial charge in [0.15, 0.2) is 0 Å². The Balaban J connectivity index is 1.85. The summed E-state index contributed by atoms with van der Waals surface area (Å²) in [6.07, 6.45) is 8.84. The van der Waals surface area contributed by atoms with Gasteiger partial charge in [-0.05, 0) is 53.6 Å². The molecule has 0 atom stereocenters. The number of imidazole rings is 1. The lowest BCUT2D eigenvalue weighted by Gasteiger charge is -2.16.